The van der Waals surface area contributed by atoms with Crippen LogP contribution in [0, 0.1) is 0 Å². The van der Waals surface area contributed by atoms with Crippen LogP contribution in [-0.4, -0.2) is 16.9 Å². The molecule has 19 heavy (non-hydrogen) atoms. The first-order valence-corrected chi connectivity index (χ1v) is 7.42. The summed E-state index contributed by atoms with van der Waals surface area (Å²) in [5.74, 6) is 1.09. The summed E-state index contributed by atoms with van der Waals surface area (Å²) in [6.45, 7) is 0. The quantitative estimate of drug-likeness (QED) is 0.826. The van der Waals surface area contributed by atoms with Crippen LogP contribution in [-0.2, 0) is 6.42 Å². The van der Waals surface area contributed by atoms with Crippen LogP contribution >= 0.6 is 23.4 Å². The number of nitrogens with two attached hydrogens (primary N) is 1. The molecule has 4 heteroatoms. The first kappa shape index (κ1) is 14.3. The van der Waals surface area contributed by atoms with Crippen molar-refractivity contribution in [2.24, 2.45) is 5.73 Å². The average Bonchev–Trinajstić information content (AvgIpc) is 2.40. The molecular formula is C15H16ClNOS. The van der Waals surface area contributed by atoms with E-state index in [2.05, 4.69) is 0 Å². The normalized spacial score (nSPS) is 12.3. The van der Waals surface area contributed by atoms with E-state index in [9.17, 15) is 5.11 Å². The molecule has 0 aliphatic rings. The Kier molecular flexibility index (Phi) is 5.14. The minimum absolute atomic E-state index is 0.0609. The molecule has 0 aliphatic carbocycles. The molecule has 0 saturated carbocycles. The van der Waals surface area contributed by atoms with Gasteiger partial charge in [-0.25, -0.2) is 0 Å². The van der Waals surface area contributed by atoms with Gasteiger partial charge in [-0.3, -0.25) is 0 Å². The van der Waals surface area contributed by atoms with Crippen molar-refractivity contribution in [3.05, 3.63) is 59.1 Å². The van der Waals surface area contributed by atoms with Gasteiger partial charge in [-0.05, 0) is 36.2 Å². The molecule has 0 aromatic heterocycles. The third-order valence-corrected chi connectivity index (χ3v) is 4.43. The zero-order valence-corrected chi connectivity index (χ0v) is 12.0. The molecule has 0 bridgehead atoms. The molecule has 2 aromatic rings. The van der Waals surface area contributed by atoms with Crippen molar-refractivity contribution in [1.29, 1.82) is 0 Å². The lowest BCUT2D eigenvalue weighted by Gasteiger charge is -2.12. The van der Waals surface area contributed by atoms with Gasteiger partial charge in [0.05, 0.1) is 5.02 Å². The highest BCUT2D eigenvalue weighted by Crippen LogP contribution is 2.27. The molecule has 0 aliphatic heterocycles. The molecule has 2 rings (SSSR count). The second-order valence-corrected chi connectivity index (χ2v) is 5.84. The zero-order chi connectivity index (χ0) is 13.7. The van der Waals surface area contributed by atoms with E-state index in [1.807, 2.05) is 36.4 Å². The average molecular weight is 294 g/mol. The molecule has 0 amide bonds. The molecule has 0 spiro atoms. The monoisotopic (exact) mass is 293 g/mol. The van der Waals surface area contributed by atoms with Gasteiger partial charge in [0.1, 0.15) is 5.75 Å². The van der Waals surface area contributed by atoms with E-state index in [1.165, 1.54) is 0 Å². The first-order valence-electron chi connectivity index (χ1n) is 6.06. The predicted octanol–water partition coefficient (Wildman–Crippen LogP) is 3.71. The summed E-state index contributed by atoms with van der Waals surface area (Å²) in [5.41, 5.74) is 7.24. The lowest BCUT2D eigenvalue weighted by atomic mass is 10.1. The van der Waals surface area contributed by atoms with Gasteiger partial charge in [0, 0.05) is 16.7 Å². The largest absolute Gasteiger partial charge is 0.508 e. The number of benzene rings is 2. The topological polar surface area (TPSA) is 46.2 Å². The molecule has 3 N–H and O–H groups in total. The minimum Gasteiger partial charge on any atom is -0.508 e. The van der Waals surface area contributed by atoms with Crippen LogP contribution in [0.1, 0.15) is 5.56 Å². The van der Waals surface area contributed by atoms with Gasteiger partial charge in [0.25, 0.3) is 0 Å². The smallest absolute Gasteiger partial charge is 0.115 e. The van der Waals surface area contributed by atoms with Gasteiger partial charge in [0.15, 0.2) is 0 Å². The van der Waals surface area contributed by atoms with E-state index in [0.717, 1.165) is 27.7 Å². The van der Waals surface area contributed by atoms with E-state index >= 15 is 0 Å². The number of phenols is 1. The number of thioether (sulfide) groups is 1. The highest BCUT2D eigenvalue weighted by Gasteiger charge is 2.07. The summed E-state index contributed by atoms with van der Waals surface area (Å²) in [4.78, 5) is 1.06. The Balaban J connectivity index is 1.86. The highest BCUT2D eigenvalue weighted by atomic mass is 35.5. The fourth-order valence-corrected chi connectivity index (χ4v) is 2.94. The number of halogens is 1. The Bertz CT molecular complexity index is 530. The van der Waals surface area contributed by atoms with Gasteiger partial charge in [-0.15, -0.1) is 11.8 Å². The van der Waals surface area contributed by atoms with Gasteiger partial charge in [0.2, 0.25) is 0 Å². The number of hydrogen-bond acceptors (Lipinski definition) is 3. The lowest BCUT2D eigenvalue weighted by molar-refractivity contribution is 0.475. The molecule has 0 heterocycles. The summed E-state index contributed by atoms with van der Waals surface area (Å²) in [5, 5.41) is 9.99. The number of phenolic OH excluding ortho intramolecular Hbond substituents is 1. The maximum absolute atomic E-state index is 9.22. The zero-order valence-electron chi connectivity index (χ0n) is 10.4. The maximum Gasteiger partial charge on any atom is 0.115 e. The molecule has 1 unspecified atom stereocenters. The van der Waals surface area contributed by atoms with E-state index in [-0.39, 0.29) is 11.8 Å². The fourth-order valence-electron chi connectivity index (χ4n) is 1.75. The predicted molar refractivity (Wildman–Crippen MR) is 82.0 cm³/mol. The van der Waals surface area contributed by atoms with Crippen LogP contribution in [0.15, 0.2) is 53.4 Å². The molecule has 0 fully saturated rings. The van der Waals surface area contributed by atoms with E-state index in [1.54, 1.807) is 23.9 Å². The second-order valence-electron chi connectivity index (χ2n) is 4.37. The number of rotatable bonds is 5. The van der Waals surface area contributed by atoms with Crippen molar-refractivity contribution >= 4 is 23.4 Å². The molecular weight excluding hydrogens is 278 g/mol. The van der Waals surface area contributed by atoms with Crippen LogP contribution < -0.4 is 5.73 Å². The van der Waals surface area contributed by atoms with Crippen LogP contribution in [0.25, 0.3) is 0 Å². The van der Waals surface area contributed by atoms with E-state index in [4.69, 9.17) is 17.3 Å². The Labute approximate surface area is 122 Å². The van der Waals surface area contributed by atoms with Gasteiger partial charge >= 0.3 is 0 Å². The Morgan fingerprint density at radius 1 is 1.11 bits per heavy atom. The van der Waals surface area contributed by atoms with Gasteiger partial charge in [-0.1, -0.05) is 35.9 Å². The van der Waals surface area contributed by atoms with Gasteiger partial charge in [-0.2, -0.15) is 0 Å². The van der Waals surface area contributed by atoms with Crippen LogP contribution in [0.3, 0.4) is 0 Å². The maximum atomic E-state index is 9.22. The van der Waals surface area contributed by atoms with Crippen molar-refractivity contribution in [3.8, 4) is 5.75 Å². The molecule has 0 saturated heterocycles. The number of hydrogen-bond donors (Lipinski definition) is 2. The van der Waals surface area contributed by atoms with Gasteiger partial charge < -0.3 is 10.8 Å². The minimum atomic E-state index is 0.0609. The van der Waals surface area contributed by atoms with Crippen molar-refractivity contribution < 1.29 is 5.11 Å². The molecule has 2 aromatic carbocycles. The second kappa shape index (κ2) is 6.85. The first-order chi connectivity index (χ1) is 9.15. The van der Waals surface area contributed by atoms with Crippen LogP contribution in [0.5, 0.6) is 5.75 Å². The third-order valence-electron chi connectivity index (χ3n) is 2.72. The molecule has 1 atom stereocenters. The highest BCUT2D eigenvalue weighted by molar-refractivity contribution is 7.99. The fraction of sp³-hybridized carbons (Fsp3) is 0.200. The summed E-state index contributed by atoms with van der Waals surface area (Å²) in [6.07, 6.45) is 0.789. The molecule has 0 radical (unpaired) electrons. The summed E-state index contributed by atoms with van der Waals surface area (Å²) in [6, 6.07) is 15.0. The molecule has 100 valence electrons. The third kappa shape index (κ3) is 4.46. The van der Waals surface area contributed by atoms with E-state index in [0.29, 0.717) is 0 Å². The van der Waals surface area contributed by atoms with Crippen molar-refractivity contribution in [1.82, 2.24) is 0 Å². The summed E-state index contributed by atoms with van der Waals surface area (Å²) < 4.78 is 0. The number of aromatic hydroxyl groups is 1. The van der Waals surface area contributed by atoms with E-state index < -0.39 is 0 Å². The Morgan fingerprint density at radius 2 is 1.79 bits per heavy atom. The Morgan fingerprint density at radius 3 is 2.47 bits per heavy atom. The van der Waals surface area contributed by atoms with Crippen molar-refractivity contribution in [3.63, 3.8) is 0 Å². The van der Waals surface area contributed by atoms with Crippen molar-refractivity contribution in [2.45, 2.75) is 17.4 Å². The SMILES string of the molecule is NC(CSc1ccccc1Cl)Cc1ccc(O)cc1. The van der Waals surface area contributed by atoms with Crippen LogP contribution in [0.2, 0.25) is 5.02 Å². The Hall–Kier alpha value is -1.16. The molecule has 2 nitrogen and oxygen atoms in total. The standard InChI is InChI=1S/C15H16ClNOS/c16-14-3-1-2-4-15(14)19-10-12(17)9-11-5-7-13(18)8-6-11/h1-8,12,18H,9-10,17H2. The summed E-state index contributed by atoms with van der Waals surface area (Å²) in [7, 11) is 0. The van der Waals surface area contributed by atoms with Crippen molar-refractivity contribution in [2.75, 3.05) is 5.75 Å². The van der Waals surface area contributed by atoms with Crippen LogP contribution in [0.4, 0.5) is 0 Å². The summed E-state index contributed by atoms with van der Waals surface area (Å²) >= 11 is 7.77. The lowest BCUT2D eigenvalue weighted by Crippen LogP contribution is -2.25.